The minimum absolute atomic E-state index is 0.466. The van der Waals surface area contributed by atoms with Crippen molar-refractivity contribution in [3.05, 3.63) is 0 Å². The average molecular weight is 233 g/mol. The minimum atomic E-state index is 0.466. The van der Waals surface area contributed by atoms with Crippen molar-refractivity contribution in [1.82, 2.24) is 9.80 Å². The van der Waals surface area contributed by atoms with E-state index in [1.165, 1.54) is 39.1 Å². The minimum Gasteiger partial charge on any atom is -0.301 e. The summed E-state index contributed by atoms with van der Waals surface area (Å²) in [4.78, 5) is 5.04. The highest BCUT2D eigenvalue weighted by atomic mass is 35.5. The Morgan fingerprint density at radius 1 is 0.933 bits per heavy atom. The van der Waals surface area contributed by atoms with E-state index in [1.807, 2.05) is 0 Å². The maximum absolute atomic E-state index is 5.74. The maximum Gasteiger partial charge on any atom is 0.0351 e. The number of alkyl halides is 1. The second kappa shape index (κ2) is 6.07. The van der Waals surface area contributed by atoms with Gasteiger partial charge in [-0.2, -0.15) is 0 Å². The van der Waals surface area contributed by atoms with E-state index in [4.69, 9.17) is 11.6 Å². The van der Waals surface area contributed by atoms with Crippen molar-refractivity contribution in [3.8, 4) is 0 Å². The Balaban J connectivity index is 2.15. The Hall–Kier alpha value is 0.210. The van der Waals surface area contributed by atoms with Gasteiger partial charge in [-0.1, -0.05) is 20.8 Å². The molecule has 1 aliphatic heterocycles. The summed E-state index contributed by atoms with van der Waals surface area (Å²) < 4.78 is 0. The topological polar surface area (TPSA) is 6.48 Å². The van der Waals surface area contributed by atoms with Gasteiger partial charge in [0.05, 0.1) is 0 Å². The third-order valence-corrected chi connectivity index (χ3v) is 3.21. The van der Waals surface area contributed by atoms with Gasteiger partial charge in [0.15, 0.2) is 0 Å². The highest BCUT2D eigenvalue weighted by Crippen LogP contribution is 2.19. The normalized spacial score (nSPS) is 20.8. The number of rotatable bonds is 4. The van der Waals surface area contributed by atoms with Crippen LogP contribution in [-0.4, -0.2) is 54.9 Å². The summed E-state index contributed by atoms with van der Waals surface area (Å²) >= 11 is 5.74. The monoisotopic (exact) mass is 232 g/mol. The molecule has 0 saturated carbocycles. The molecule has 0 aromatic rings. The summed E-state index contributed by atoms with van der Waals surface area (Å²) in [6.07, 6.45) is 1.29. The maximum atomic E-state index is 5.74. The lowest BCUT2D eigenvalue weighted by Gasteiger charge is -2.35. The van der Waals surface area contributed by atoms with E-state index in [2.05, 4.69) is 30.6 Å². The highest BCUT2D eigenvalue weighted by molar-refractivity contribution is 6.18. The lowest BCUT2D eigenvalue weighted by Crippen LogP contribution is -2.47. The zero-order valence-electron chi connectivity index (χ0n) is 10.4. The first kappa shape index (κ1) is 13.3. The molecule has 2 nitrogen and oxygen atoms in total. The third-order valence-electron chi connectivity index (χ3n) is 3.04. The van der Waals surface area contributed by atoms with Crippen molar-refractivity contribution in [1.29, 1.82) is 0 Å². The Bertz CT molecular complexity index is 169. The molecule has 15 heavy (non-hydrogen) atoms. The van der Waals surface area contributed by atoms with Crippen LogP contribution in [0.15, 0.2) is 0 Å². The van der Waals surface area contributed by atoms with E-state index in [9.17, 15) is 0 Å². The second-order valence-corrected chi connectivity index (χ2v) is 6.06. The van der Waals surface area contributed by atoms with Crippen LogP contribution in [0.2, 0.25) is 0 Å². The second-order valence-electron chi connectivity index (χ2n) is 5.68. The number of hydrogen-bond donors (Lipinski definition) is 0. The van der Waals surface area contributed by atoms with Crippen molar-refractivity contribution >= 4 is 11.6 Å². The molecule has 3 heteroatoms. The van der Waals surface area contributed by atoms with Crippen LogP contribution >= 0.6 is 11.6 Å². The van der Waals surface area contributed by atoms with Gasteiger partial charge in [-0.05, 0) is 18.4 Å². The predicted octanol–water partition coefficient (Wildman–Crippen LogP) is 2.28. The van der Waals surface area contributed by atoms with Gasteiger partial charge < -0.3 is 4.90 Å². The van der Waals surface area contributed by atoms with Crippen LogP contribution in [0.3, 0.4) is 0 Å². The van der Waals surface area contributed by atoms with Gasteiger partial charge in [0, 0.05) is 38.6 Å². The molecule has 0 aromatic carbocycles. The molecule has 0 unspecified atom stereocenters. The van der Waals surface area contributed by atoms with Crippen LogP contribution in [-0.2, 0) is 0 Å². The van der Waals surface area contributed by atoms with Crippen LogP contribution < -0.4 is 0 Å². The molecule has 0 N–H and O–H groups in total. The molecule has 0 radical (unpaired) electrons. The van der Waals surface area contributed by atoms with E-state index in [-0.39, 0.29) is 0 Å². The Kier molecular flexibility index (Phi) is 5.37. The Labute approximate surface area is 99.6 Å². The molecule has 90 valence electrons. The predicted molar refractivity (Wildman–Crippen MR) is 67.7 cm³/mol. The van der Waals surface area contributed by atoms with E-state index in [0.29, 0.717) is 5.41 Å². The fraction of sp³-hybridized carbons (Fsp3) is 1.00. The number of halogens is 1. The quantitative estimate of drug-likeness (QED) is 0.687. The summed E-state index contributed by atoms with van der Waals surface area (Å²) in [5.41, 5.74) is 0.466. The van der Waals surface area contributed by atoms with Gasteiger partial charge in [-0.3, -0.25) is 4.90 Å². The third kappa shape index (κ3) is 5.74. The summed E-state index contributed by atoms with van der Waals surface area (Å²) in [6, 6.07) is 0. The van der Waals surface area contributed by atoms with Crippen LogP contribution in [0.5, 0.6) is 0 Å². The molecular formula is C12H25ClN2. The molecule has 1 saturated heterocycles. The van der Waals surface area contributed by atoms with Crippen LogP contribution in [0.1, 0.15) is 27.2 Å². The van der Waals surface area contributed by atoms with Crippen molar-refractivity contribution in [3.63, 3.8) is 0 Å². The summed E-state index contributed by atoms with van der Waals surface area (Å²) in [7, 11) is 0. The molecule has 0 aliphatic carbocycles. The highest BCUT2D eigenvalue weighted by Gasteiger charge is 2.18. The zero-order chi connectivity index (χ0) is 11.3. The Morgan fingerprint density at radius 2 is 1.40 bits per heavy atom. The molecule has 0 spiro atoms. The first-order chi connectivity index (χ1) is 7.01. The van der Waals surface area contributed by atoms with Crippen molar-refractivity contribution in [2.24, 2.45) is 5.41 Å². The molecule has 1 fully saturated rings. The number of hydrogen-bond acceptors (Lipinski definition) is 2. The van der Waals surface area contributed by atoms with Crippen LogP contribution in [0.25, 0.3) is 0 Å². The first-order valence-corrected chi connectivity index (χ1v) is 6.55. The van der Waals surface area contributed by atoms with Gasteiger partial charge in [-0.25, -0.2) is 0 Å². The summed E-state index contributed by atoms with van der Waals surface area (Å²) in [5.74, 6) is 0.766. The van der Waals surface area contributed by atoms with Crippen molar-refractivity contribution in [2.45, 2.75) is 27.2 Å². The zero-order valence-corrected chi connectivity index (χ0v) is 11.2. The fourth-order valence-corrected chi connectivity index (χ4v) is 2.09. The largest absolute Gasteiger partial charge is 0.301 e. The molecular weight excluding hydrogens is 208 g/mol. The van der Waals surface area contributed by atoms with Gasteiger partial charge in [0.25, 0.3) is 0 Å². The number of piperazine rings is 1. The lowest BCUT2D eigenvalue weighted by molar-refractivity contribution is 0.126. The van der Waals surface area contributed by atoms with Gasteiger partial charge in [0.2, 0.25) is 0 Å². The van der Waals surface area contributed by atoms with Crippen LogP contribution in [0.4, 0.5) is 0 Å². The molecule has 0 amide bonds. The molecule has 1 rings (SSSR count). The van der Waals surface area contributed by atoms with Crippen LogP contribution in [0, 0.1) is 5.41 Å². The van der Waals surface area contributed by atoms with Gasteiger partial charge in [-0.15, -0.1) is 11.6 Å². The van der Waals surface area contributed by atoms with Gasteiger partial charge >= 0.3 is 0 Å². The smallest absolute Gasteiger partial charge is 0.0351 e. The molecule has 1 aliphatic rings. The fourth-order valence-electron chi connectivity index (χ4n) is 1.85. The van der Waals surface area contributed by atoms with E-state index >= 15 is 0 Å². The summed E-state index contributed by atoms with van der Waals surface area (Å²) in [5, 5.41) is 0. The van der Waals surface area contributed by atoms with E-state index in [1.54, 1.807) is 0 Å². The van der Waals surface area contributed by atoms with Crippen molar-refractivity contribution < 1.29 is 0 Å². The standard InChI is InChI=1S/C12H25ClN2/c1-12(2,3)4-6-14-8-10-15(7-5-13)11-9-14/h4-11H2,1-3H3. The van der Waals surface area contributed by atoms with E-state index < -0.39 is 0 Å². The Morgan fingerprint density at radius 3 is 1.80 bits per heavy atom. The molecule has 1 heterocycles. The SMILES string of the molecule is CC(C)(C)CCN1CCN(CCCl)CC1. The number of nitrogens with zero attached hydrogens (tertiary/aromatic N) is 2. The molecule has 0 atom stereocenters. The summed E-state index contributed by atoms with van der Waals surface area (Å²) in [6.45, 7) is 14.1. The van der Waals surface area contributed by atoms with Crippen molar-refractivity contribution in [2.75, 3.05) is 45.1 Å². The first-order valence-electron chi connectivity index (χ1n) is 6.02. The van der Waals surface area contributed by atoms with Gasteiger partial charge in [0.1, 0.15) is 0 Å². The average Bonchev–Trinajstić information content (AvgIpc) is 2.16. The van der Waals surface area contributed by atoms with E-state index in [0.717, 1.165) is 12.4 Å². The molecule has 0 aromatic heterocycles. The molecule has 0 bridgehead atoms. The lowest BCUT2D eigenvalue weighted by atomic mass is 9.92.